The molecule has 0 radical (unpaired) electrons. The van der Waals surface area contributed by atoms with Gasteiger partial charge in [0.25, 0.3) is 0 Å². The van der Waals surface area contributed by atoms with Gasteiger partial charge in [-0.25, -0.2) is 0 Å². The zero-order valence-corrected chi connectivity index (χ0v) is 19.4. The van der Waals surface area contributed by atoms with E-state index in [9.17, 15) is 4.79 Å². The molecule has 0 saturated carbocycles. The van der Waals surface area contributed by atoms with Gasteiger partial charge in [-0.2, -0.15) is 0 Å². The average Bonchev–Trinajstić information content (AvgIpc) is 3.17. The van der Waals surface area contributed by atoms with Crippen LogP contribution in [0.1, 0.15) is 32.1 Å². The molecule has 2 rings (SSSR count). The Labute approximate surface area is 185 Å². The minimum atomic E-state index is -0.138. The SMILES string of the molecule is CN=C(NCCCCCC(=O)OC)NC1CCN(c2ccccc2OC)C1.I. The van der Waals surface area contributed by atoms with E-state index in [-0.39, 0.29) is 29.9 Å². The Morgan fingerprint density at radius 1 is 1.25 bits per heavy atom. The molecule has 1 atom stereocenters. The zero-order valence-electron chi connectivity index (χ0n) is 17.1. The highest BCUT2D eigenvalue weighted by atomic mass is 127. The van der Waals surface area contributed by atoms with Gasteiger partial charge in [0.05, 0.1) is 19.9 Å². The first kappa shape index (κ1) is 24.3. The number of nitrogens with zero attached hydrogens (tertiary/aromatic N) is 2. The summed E-state index contributed by atoms with van der Waals surface area (Å²) in [5.74, 6) is 1.60. The number of hydrogen-bond donors (Lipinski definition) is 2. The van der Waals surface area contributed by atoms with Gasteiger partial charge >= 0.3 is 5.97 Å². The van der Waals surface area contributed by atoms with Crippen molar-refractivity contribution in [2.45, 2.75) is 38.1 Å². The molecule has 0 bridgehead atoms. The number of hydrogen-bond acceptors (Lipinski definition) is 5. The third kappa shape index (κ3) is 7.73. The maximum Gasteiger partial charge on any atom is 0.305 e. The quantitative estimate of drug-likeness (QED) is 0.177. The Bertz CT molecular complexity index is 627. The topological polar surface area (TPSA) is 75.2 Å². The molecule has 1 aliphatic heterocycles. The van der Waals surface area contributed by atoms with Crippen molar-refractivity contribution in [1.29, 1.82) is 0 Å². The number of unbranched alkanes of at least 4 members (excludes halogenated alkanes) is 2. The number of para-hydroxylation sites is 2. The molecule has 1 unspecified atom stereocenters. The van der Waals surface area contributed by atoms with E-state index in [4.69, 9.17) is 4.74 Å². The van der Waals surface area contributed by atoms with Crippen LogP contribution in [0.5, 0.6) is 5.75 Å². The van der Waals surface area contributed by atoms with Crippen molar-refractivity contribution in [1.82, 2.24) is 10.6 Å². The molecule has 0 amide bonds. The Morgan fingerprint density at radius 2 is 2.04 bits per heavy atom. The summed E-state index contributed by atoms with van der Waals surface area (Å²) in [7, 11) is 4.93. The third-order valence-corrected chi connectivity index (χ3v) is 4.76. The van der Waals surface area contributed by atoms with Crippen LogP contribution in [0.3, 0.4) is 0 Å². The number of esters is 1. The van der Waals surface area contributed by atoms with Crippen molar-refractivity contribution in [3.63, 3.8) is 0 Å². The standard InChI is InChI=1S/C20H32N4O3.HI/c1-21-20(22-13-8-4-5-11-19(25)27-3)23-16-12-14-24(15-16)17-9-6-7-10-18(17)26-2;/h6-7,9-10,16H,4-5,8,11-15H2,1-3H3,(H2,21,22,23);1H. The van der Waals surface area contributed by atoms with E-state index in [1.54, 1.807) is 14.2 Å². The van der Waals surface area contributed by atoms with Crippen LogP contribution in [0.4, 0.5) is 5.69 Å². The first-order valence-electron chi connectivity index (χ1n) is 9.60. The molecule has 0 aromatic heterocycles. The van der Waals surface area contributed by atoms with Gasteiger partial charge in [0.2, 0.25) is 0 Å². The Morgan fingerprint density at radius 3 is 2.75 bits per heavy atom. The van der Waals surface area contributed by atoms with E-state index in [0.717, 1.165) is 62.7 Å². The van der Waals surface area contributed by atoms with Crippen LogP contribution in [0.25, 0.3) is 0 Å². The number of anilines is 1. The molecule has 0 spiro atoms. The normalized spacial score (nSPS) is 16.3. The molecule has 2 N–H and O–H groups in total. The number of ether oxygens (including phenoxy) is 2. The molecule has 158 valence electrons. The summed E-state index contributed by atoms with van der Waals surface area (Å²) < 4.78 is 10.1. The fourth-order valence-electron chi connectivity index (χ4n) is 3.26. The highest BCUT2D eigenvalue weighted by Crippen LogP contribution is 2.30. The lowest BCUT2D eigenvalue weighted by molar-refractivity contribution is -0.140. The largest absolute Gasteiger partial charge is 0.495 e. The number of halogens is 1. The first-order chi connectivity index (χ1) is 13.2. The van der Waals surface area contributed by atoms with Gasteiger partial charge in [-0.3, -0.25) is 9.79 Å². The number of rotatable bonds is 9. The number of guanidine groups is 1. The summed E-state index contributed by atoms with van der Waals surface area (Å²) in [5, 5.41) is 6.86. The van der Waals surface area contributed by atoms with Gasteiger partial charge in [-0.05, 0) is 31.4 Å². The Hall–Kier alpha value is -1.71. The van der Waals surface area contributed by atoms with Crippen molar-refractivity contribution < 1.29 is 14.3 Å². The summed E-state index contributed by atoms with van der Waals surface area (Å²) in [6, 6.07) is 8.48. The van der Waals surface area contributed by atoms with Crippen LogP contribution in [0.2, 0.25) is 0 Å². The molecule has 1 saturated heterocycles. The highest BCUT2D eigenvalue weighted by molar-refractivity contribution is 14.0. The van der Waals surface area contributed by atoms with Crippen molar-refractivity contribution in [3.05, 3.63) is 24.3 Å². The minimum absolute atomic E-state index is 0. The molecule has 0 aliphatic carbocycles. The van der Waals surface area contributed by atoms with Crippen LogP contribution in [0.15, 0.2) is 29.3 Å². The van der Waals surface area contributed by atoms with E-state index in [1.165, 1.54) is 7.11 Å². The number of methoxy groups -OCH3 is 2. The smallest absolute Gasteiger partial charge is 0.305 e. The van der Waals surface area contributed by atoms with Gasteiger partial charge in [0.1, 0.15) is 5.75 Å². The summed E-state index contributed by atoms with van der Waals surface area (Å²) in [5.41, 5.74) is 1.14. The molecule has 1 aliphatic rings. The fraction of sp³-hybridized carbons (Fsp3) is 0.600. The second-order valence-corrected chi connectivity index (χ2v) is 6.63. The number of carbonyl (C=O) groups is 1. The van der Waals surface area contributed by atoms with E-state index < -0.39 is 0 Å². The molecule has 28 heavy (non-hydrogen) atoms. The maximum absolute atomic E-state index is 11.1. The predicted octanol–water partition coefficient (Wildman–Crippen LogP) is 2.79. The predicted molar refractivity (Wildman–Crippen MR) is 124 cm³/mol. The molecule has 7 nitrogen and oxygen atoms in total. The van der Waals surface area contributed by atoms with Crippen molar-refractivity contribution in [2.75, 3.05) is 45.8 Å². The van der Waals surface area contributed by atoms with Crippen LogP contribution in [-0.4, -0.2) is 58.9 Å². The van der Waals surface area contributed by atoms with Crippen LogP contribution < -0.4 is 20.3 Å². The lowest BCUT2D eigenvalue weighted by Gasteiger charge is -2.22. The number of benzene rings is 1. The van der Waals surface area contributed by atoms with E-state index in [0.29, 0.717) is 12.5 Å². The first-order valence-corrected chi connectivity index (χ1v) is 9.60. The molecule has 1 aromatic carbocycles. The molecule has 1 aromatic rings. The monoisotopic (exact) mass is 504 g/mol. The van der Waals surface area contributed by atoms with Gasteiger partial charge < -0.3 is 25.0 Å². The summed E-state index contributed by atoms with van der Waals surface area (Å²) >= 11 is 0. The van der Waals surface area contributed by atoms with E-state index >= 15 is 0 Å². The Balaban J connectivity index is 0.00000392. The highest BCUT2D eigenvalue weighted by Gasteiger charge is 2.25. The van der Waals surface area contributed by atoms with Gasteiger partial charge in [0, 0.05) is 39.1 Å². The van der Waals surface area contributed by atoms with Crippen molar-refractivity contribution in [2.24, 2.45) is 4.99 Å². The van der Waals surface area contributed by atoms with Gasteiger partial charge in [-0.15, -0.1) is 24.0 Å². The lowest BCUT2D eigenvalue weighted by atomic mass is 10.2. The maximum atomic E-state index is 11.1. The molecule has 8 heteroatoms. The van der Waals surface area contributed by atoms with Crippen molar-refractivity contribution in [3.8, 4) is 5.75 Å². The second-order valence-electron chi connectivity index (χ2n) is 6.63. The lowest BCUT2D eigenvalue weighted by Crippen LogP contribution is -2.44. The summed E-state index contributed by atoms with van der Waals surface area (Å²) in [4.78, 5) is 17.7. The molecular formula is C20H33IN4O3. The number of carbonyl (C=O) groups excluding carboxylic acids is 1. The van der Waals surface area contributed by atoms with Crippen LogP contribution >= 0.6 is 24.0 Å². The van der Waals surface area contributed by atoms with Crippen molar-refractivity contribution >= 4 is 41.6 Å². The Kier molecular flexibility index (Phi) is 11.7. The van der Waals surface area contributed by atoms with Gasteiger partial charge in [0.15, 0.2) is 5.96 Å². The summed E-state index contributed by atoms with van der Waals surface area (Å²) in [6.45, 7) is 2.74. The molecule has 1 heterocycles. The fourth-order valence-corrected chi connectivity index (χ4v) is 3.26. The van der Waals surface area contributed by atoms with E-state index in [2.05, 4.69) is 31.3 Å². The second kappa shape index (κ2) is 13.5. The molecular weight excluding hydrogens is 471 g/mol. The van der Waals surface area contributed by atoms with Crippen LogP contribution in [-0.2, 0) is 9.53 Å². The third-order valence-electron chi connectivity index (χ3n) is 4.76. The molecule has 1 fully saturated rings. The number of nitrogens with one attached hydrogen (secondary N) is 2. The minimum Gasteiger partial charge on any atom is -0.495 e. The zero-order chi connectivity index (χ0) is 19.5. The van der Waals surface area contributed by atoms with Crippen LogP contribution in [0, 0.1) is 0 Å². The number of aliphatic imine (C=N–C) groups is 1. The summed E-state index contributed by atoms with van der Waals surface area (Å²) in [6.07, 6.45) is 4.39. The van der Waals surface area contributed by atoms with E-state index in [1.807, 2.05) is 18.2 Å². The van der Waals surface area contributed by atoms with Gasteiger partial charge in [-0.1, -0.05) is 18.6 Å². The average molecular weight is 504 g/mol.